The molecule has 2 fully saturated rings. The van der Waals surface area contributed by atoms with Gasteiger partial charge >= 0.3 is 0 Å². The predicted molar refractivity (Wildman–Crippen MR) is 93.4 cm³/mol. The largest absolute Gasteiger partial charge is 0.496 e. The average Bonchev–Trinajstić information content (AvgIpc) is 3.51. The highest BCUT2D eigenvalue weighted by atomic mass is 16.5. The maximum Gasteiger partial charge on any atom is 0.200 e. The third-order valence-electron chi connectivity index (χ3n) is 5.02. The Morgan fingerprint density at radius 1 is 0.792 bits per heavy atom. The molecule has 0 aromatic heterocycles. The van der Waals surface area contributed by atoms with Crippen LogP contribution in [0.25, 0.3) is 0 Å². The number of hydrogen-bond donors (Lipinski definition) is 0. The van der Waals surface area contributed by atoms with Gasteiger partial charge < -0.3 is 9.47 Å². The summed E-state index contributed by atoms with van der Waals surface area (Å²) in [7, 11) is 3.30. The van der Waals surface area contributed by atoms with Gasteiger partial charge in [-0.05, 0) is 60.8 Å². The van der Waals surface area contributed by atoms with E-state index in [0.29, 0.717) is 23.0 Å². The van der Waals surface area contributed by atoms with E-state index in [2.05, 4.69) is 12.1 Å². The Morgan fingerprint density at radius 2 is 1.21 bits per heavy atom. The summed E-state index contributed by atoms with van der Waals surface area (Å²) >= 11 is 0. The summed E-state index contributed by atoms with van der Waals surface area (Å²) in [6, 6.07) is 11.8. The van der Waals surface area contributed by atoms with Gasteiger partial charge in [0.1, 0.15) is 11.5 Å². The van der Waals surface area contributed by atoms with Crippen LogP contribution in [0.1, 0.15) is 64.6 Å². The Hall–Kier alpha value is -2.29. The van der Waals surface area contributed by atoms with Crippen LogP contribution in [0.2, 0.25) is 0 Å². The van der Waals surface area contributed by atoms with Gasteiger partial charge in [-0.1, -0.05) is 24.3 Å². The number of rotatable bonds is 6. The second kappa shape index (κ2) is 5.97. The zero-order chi connectivity index (χ0) is 16.7. The number of carbonyl (C=O) groups excluding carboxylic acids is 1. The molecule has 0 atom stereocenters. The first-order valence-corrected chi connectivity index (χ1v) is 8.63. The van der Waals surface area contributed by atoms with E-state index in [4.69, 9.17) is 9.47 Å². The van der Waals surface area contributed by atoms with Gasteiger partial charge in [0.2, 0.25) is 0 Å². The van der Waals surface area contributed by atoms with Crippen molar-refractivity contribution in [3.05, 3.63) is 58.7 Å². The summed E-state index contributed by atoms with van der Waals surface area (Å²) in [5, 5.41) is 0. The average molecular weight is 322 g/mol. The predicted octanol–water partition coefficient (Wildman–Crippen LogP) is 4.69. The molecule has 124 valence electrons. The maximum absolute atomic E-state index is 13.2. The molecule has 0 unspecified atom stereocenters. The van der Waals surface area contributed by atoms with Gasteiger partial charge in [-0.3, -0.25) is 4.79 Å². The molecule has 3 heteroatoms. The van der Waals surface area contributed by atoms with Crippen molar-refractivity contribution in [2.45, 2.75) is 37.5 Å². The van der Waals surface area contributed by atoms with Crippen LogP contribution in [-0.2, 0) is 0 Å². The Morgan fingerprint density at radius 3 is 1.54 bits per heavy atom. The highest BCUT2D eigenvalue weighted by Gasteiger charge is 2.32. The van der Waals surface area contributed by atoms with Crippen LogP contribution in [-0.4, -0.2) is 20.0 Å². The minimum atomic E-state index is -0.0197. The van der Waals surface area contributed by atoms with Crippen molar-refractivity contribution in [2.24, 2.45) is 0 Å². The van der Waals surface area contributed by atoms with Crippen molar-refractivity contribution in [3.63, 3.8) is 0 Å². The fourth-order valence-electron chi connectivity index (χ4n) is 3.50. The molecular weight excluding hydrogens is 300 g/mol. The van der Waals surface area contributed by atoms with Gasteiger partial charge in [-0.15, -0.1) is 0 Å². The molecule has 3 nitrogen and oxygen atoms in total. The van der Waals surface area contributed by atoms with Crippen molar-refractivity contribution in [2.75, 3.05) is 14.2 Å². The monoisotopic (exact) mass is 322 g/mol. The molecule has 2 aromatic rings. The molecule has 0 amide bonds. The van der Waals surface area contributed by atoms with Crippen molar-refractivity contribution < 1.29 is 14.3 Å². The second-order valence-electron chi connectivity index (χ2n) is 6.73. The van der Waals surface area contributed by atoms with E-state index in [0.717, 1.165) is 22.6 Å². The van der Waals surface area contributed by atoms with Crippen molar-refractivity contribution in [1.29, 1.82) is 0 Å². The third kappa shape index (κ3) is 2.58. The number of methoxy groups -OCH3 is 2. The second-order valence-corrected chi connectivity index (χ2v) is 6.73. The van der Waals surface area contributed by atoms with Crippen molar-refractivity contribution in [1.82, 2.24) is 0 Å². The number of para-hydroxylation sites is 2. The molecule has 4 rings (SSSR count). The standard InChI is InChI=1S/C21H22O3/c1-23-20-15(13-9-10-13)5-3-7-17(20)19(22)18-8-4-6-16(14-11-12-14)21(18)24-2/h3-8,13-14H,9-12H2,1-2H3. The first-order valence-electron chi connectivity index (χ1n) is 8.63. The molecule has 2 aliphatic carbocycles. The van der Waals surface area contributed by atoms with Gasteiger partial charge in [-0.2, -0.15) is 0 Å². The van der Waals surface area contributed by atoms with Crippen LogP contribution in [0.15, 0.2) is 36.4 Å². The van der Waals surface area contributed by atoms with E-state index >= 15 is 0 Å². The van der Waals surface area contributed by atoms with E-state index in [1.54, 1.807) is 14.2 Å². The summed E-state index contributed by atoms with van der Waals surface area (Å²) < 4.78 is 11.2. The van der Waals surface area contributed by atoms with Crippen molar-refractivity contribution >= 4 is 5.78 Å². The molecule has 0 spiro atoms. The van der Waals surface area contributed by atoms with E-state index in [-0.39, 0.29) is 5.78 Å². The quantitative estimate of drug-likeness (QED) is 0.724. The number of ether oxygens (including phenoxy) is 2. The molecule has 2 aromatic carbocycles. The van der Waals surface area contributed by atoms with Crippen LogP contribution in [0.3, 0.4) is 0 Å². The first kappa shape index (κ1) is 15.3. The lowest BCUT2D eigenvalue weighted by atomic mass is 9.95. The minimum absolute atomic E-state index is 0.0197. The topological polar surface area (TPSA) is 35.5 Å². The summed E-state index contributed by atoms with van der Waals surface area (Å²) in [4.78, 5) is 13.2. The molecule has 0 aliphatic heterocycles. The Balaban J connectivity index is 1.79. The number of carbonyl (C=O) groups is 1. The van der Waals surface area contributed by atoms with Crippen LogP contribution in [0, 0.1) is 0 Å². The van der Waals surface area contributed by atoms with E-state index < -0.39 is 0 Å². The van der Waals surface area contributed by atoms with Crippen LogP contribution in [0.4, 0.5) is 0 Å². The number of benzene rings is 2. The summed E-state index contributed by atoms with van der Waals surface area (Å²) in [5.74, 6) is 2.50. The Bertz CT molecular complexity index is 720. The molecule has 2 aliphatic rings. The molecule has 0 bridgehead atoms. The molecule has 24 heavy (non-hydrogen) atoms. The fourth-order valence-corrected chi connectivity index (χ4v) is 3.50. The lowest BCUT2D eigenvalue weighted by Gasteiger charge is -2.15. The minimum Gasteiger partial charge on any atom is -0.496 e. The van der Waals surface area contributed by atoms with Crippen LogP contribution < -0.4 is 9.47 Å². The highest BCUT2D eigenvalue weighted by molar-refractivity contribution is 6.12. The Kier molecular flexibility index (Phi) is 3.79. The normalized spacial score (nSPS) is 16.8. The van der Waals surface area contributed by atoms with Crippen molar-refractivity contribution in [3.8, 4) is 11.5 Å². The van der Waals surface area contributed by atoms with E-state index in [1.165, 1.54) is 25.7 Å². The van der Waals surface area contributed by atoms with E-state index in [1.807, 2.05) is 24.3 Å². The van der Waals surface area contributed by atoms with Gasteiger partial charge in [0.15, 0.2) is 5.78 Å². The zero-order valence-electron chi connectivity index (χ0n) is 14.2. The molecular formula is C21H22O3. The Labute approximate surface area is 142 Å². The van der Waals surface area contributed by atoms with Gasteiger partial charge in [0.05, 0.1) is 25.3 Å². The molecule has 0 saturated heterocycles. The lowest BCUT2D eigenvalue weighted by Crippen LogP contribution is -2.08. The molecule has 0 heterocycles. The summed E-state index contributed by atoms with van der Waals surface area (Å²) in [6.07, 6.45) is 4.70. The SMILES string of the molecule is COc1c(C(=O)c2cccc(C3CC3)c2OC)cccc1C1CC1. The molecule has 0 radical (unpaired) electrons. The van der Waals surface area contributed by atoms with Crippen LogP contribution in [0.5, 0.6) is 11.5 Å². The summed E-state index contributed by atoms with van der Waals surface area (Å²) in [6.45, 7) is 0. The van der Waals surface area contributed by atoms with E-state index in [9.17, 15) is 4.79 Å². The smallest absolute Gasteiger partial charge is 0.200 e. The zero-order valence-corrected chi connectivity index (χ0v) is 14.2. The number of hydrogen-bond acceptors (Lipinski definition) is 3. The van der Waals surface area contributed by atoms with Gasteiger partial charge in [0, 0.05) is 0 Å². The number of ketones is 1. The third-order valence-corrected chi connectivity index (χ3v) is 5.02. The highest BCUT2D eigenvalue weighted by Crippen LogP contribution is 2.47. The maximum atomic E-state index is 13.2. The first-order chi connectivity index (χ1) is 11.7. The lowest BCUT2D eigenvalue weighted by molar-refractivity contribution is 0.103. The fraction of sp³-hybridized carbons (Fsp3) is 0.381. The van der Waals surface area contributed by atoms with Crippen LogP contribution >= 0.6 is 0 Å². The summed E-state index contributed by atoms with van der Waals surface area (Å²) in [5.41, 5.74) is 3.57. The van der Waals surface area contributed by atoms with Gasteiger partial charge in [0.25, 0.3) is 0 Å². The van der Waals surface area contributed by atoms with Gasteiger partial charge in [-0.25, -0.2) is 0 Å². The molecule has 0 N–H and O–H groups in total. The molecule has 2 saturated carbocycles.